The lowest BCUT2D eigenvalue weighted by Gasteiger charge is -2.23. The number of aromatic nitrogens is 5. The molecule has 216 valence electrons. The van der Waals surface area contributed by atoms with Crippen LogP contribution >= 0.6 is 0 Å². The molecule has 12 nitrogen and oxygen atoms in total. The Balaban J connectivity index is 1.21. The maximum atomic E-state index is 12.6. The normalized spacial score (nSPS) is 14.6. The molecule has 1 fully saturated rings. The van der Waals surface area contributed by atoms with Gasteiger partial charge in [0, 0.05) is 51.2 Å². The Kier molecular flexibility index (Phi) is 7.03. The maximum absolute atomic E-state index is 12.6. The summed E-state index contributed by atoms with van der Waals surface area (Å²) in [4.78, 5) is 25.3. The molecule has 42 heavy (non-hydrogen) atoms. The number of aryl methyl sites for hydroxylation is 2. The maximum Gasteiger partial charge on any atom is 0.292 e. The number of carbonyl (C=O) groups is 1. The highest BCUT2D eigenvalue weighted by Gasteiger charge is 2.25. The molecule has 1 aliphatic rings. The Morgan fingerprint density at radius 2 is 1.88 bits per heavy atom. The summed E-state index contributed by atoms with van der Waals surface area (Å²) < 4.78 is 9.93. The van der Waals surface area contributed by atoms with Crippen molar-refractivity contribution in [2.45, 2.75) is 20.3 Å². The van der Waals surface area contributed by atoms with Crippen LogP contribution in [0.2, 0.25) is 0 Å². The van der Waals surface area contributed by atoms with Crippen LogP contribution in [0.25, 0.3) is 16.6 Å². The number of ether oxygens (including phenoxy) is 1. The van der Waals surface area contributed by atoms with E-state index in [-0.39, 0.29) is 5.76 Å². The number of imidazole rings is 1. The lowest BCUT2D eigenvalue weighted by molar-refractivity contribution is -0.130. The third kappa shape index (κ3) is 5.14. The number of hydrogen-bond donors (Lipinski definition) is 3. The number of allylic oxidation sites excluding steroid dienone is 1. The van der Waals surface area contributed by atoms with Crippen LogP contribution in [-0.2, 0) is 11.8 Å². The predicted molar refractivity (Wildman–Crippen MR) is 160 cm³/mol. The van der Waals surface area contributed by atoms with Gasteiger partial charge in [-0.2, -0.15) is 5.10 Å². The molecular weight excluding hydrogens is 536 g/mol. The van der Waals surface area contributed by atoms with Crippen molar-refractivity contribution >= 4 is 39.6 Å². The number of benzene rings is 2. The summed E-state index contributed by atoms with van der Waals surface area (Å²) in [6, 6.07) is 13.7. The van der Waals surface area contributed by atoms with E-state index < -0.39 is 11.7 Å². The van der Waals surface area contributed by atoms with Crippen molar-refractivity contribution in [3.05, 3.63) is 78.4 Å². The standard InChI is InChI=1S/C30H32N8O4/c1-19-15-21(5-8-26(19)42-22-6-7-24-23(16-22)32-18-35(24)3)34-29-27-25(9-12-38(27)33-17-31-29)36-10-4-11-37(14-13-36)30(41)28(40)20(2)39/h5-9,12,15-18,39-40H,4,10-11,13-14H2,1-3H3,(H,31,33,34)/b28-20+. The summed E-state index contributed by atoms with van der Waals surface area (Å²) in [5.41, 5.74) is 5.47. The summed E-state index contributed by atoms with van der Waals surface area (Å²) in [5.74, 6) is 0.548. The second-order valence-corrected chi connectivity index (χ2v) is 10.4. The minimum absolute atomic E-state index is 0.381. The fourth-order valence-electron chi connectivity index (χ4n) is 5.24. The van der Waals surface area contributed by atoms with E-state index >= 15 is 0 Å². The van der Waals surface area contributed by atoms with Crippen molar-refractivity contribution < 1.29 is 19.7 Å². The van der Waals surface area contributed by atoms with Crippen molar-refractivity contribution in [3.8, 4) is 11.5 Å². The number of fused-ring (bicyclic) bond motifs is 2. The number of amides is 1. The molecule has 0 spiro atoms. The van der Waals surface area contributed by atoms with Crippen LogP contribution in [0.15, 0.2) is 72.8 Å². The quantitative estimate of drug-likeness (QED) is 0.194. The van der Waals surface area contributed by atoms with E-state index in [0.29, 0.717) is 38.4 Å². The Morgan fingerprint density at radius 1 is 1.02 bits per heavy atom. The van der Waals surface area contributed by atoms with E-state index in [1.165, 1.54) is 13.3 Å². The van der Waals surface area contributed by atoms with Crippen LogP contribution in [0.5, 0.6) is 11.5 Å². The number of aliphatic hydroxyl groups excluding tert-OH is 2. The molecule has 5 aromatic rings. The molecule has 0 aliphatic carbocycles. The first kappa shape index (κ1) is 26.9. The first-order chi connectivity index (χ1) is 20.3. The van der Waals surface area contributed by atoms with E-state index in [9.17, 15) is 15.0 Å². The molecule has 1 saturated heterocycles. The van der Waals surface area contributed by atoms with E-state index in [4.69, 9.17) is 4.74 Å². The smallest absolute Gasteiger partial charge is 0.292 e. The van der Waals surface area contributed by atoms with Crippen molar-refractivity contribution in [2.75, 3.05) is 36.4 Å². The number of nitrogens with one attached hydrogen (secondary N) is 1. The monoisotopic (exact) mass is 568 g/mol. The van der Waals surface area contributed by atoms with Crippen molar-refractivity contribution in [3.63, 3.8) is 0 Å². The molecule has 0 unspecified atom stereocenters. The predicted octanol–water partition coefficient (Wildman–Crippen LogP) is 4.85. The molecule has 12 heteroatoms. The van der Waals surface area contributed by atoms with Crippen molar-refractivity contribution in [1.29, 1.82) is 0 Å². The molecule has 3 N–H and O–H groups in total. The Morgan fingerprint density at radius 3 is 2.69 bits per heavy atom. The molecule has 3 aromatic heterocycles. The highest BCUT2D eigenvalue weighted by atomic mass is 16.5. The van der Waals surface area contributed by atoms with Crippen LogP contribution in [-0.4, -0.2) is 71.3 Å². The van der Waals surface area contributed by atoms with Gasteiger partial charge in [-0.25, -0.2) is 14.5 Å². The van der Waals surface area contributed by atoms with Gasteiger partial charge in [0.15, 0.2) is 5.82 Å². The molecule has 2 aromatic carbocycles. The van der Waals surface area contributed by atoms with Gasteiger partial charge in [-0.1, -0.05) is 0 Å². The molecule has 0 atom stereocenters. The molecular formula is C30H32N8O4. The zero-order chi connectivity index (χ0) is 29.4. The van der Waals surface area contributed by atoms with Gasteiger partial charge in [-0.3, -0.25) is 4.79 Å². The average Bonchev–Trinajstić information content (AvgIpc) is 3.49. The molecule has 6 rings (SSSR count). The summed E-state index contributed by atoms with van der Waals surface area (Å²) in [5, 5.41) is 27.3. The number of nitrogens with zero attached hydrogens (tertiary/aromatic N) is 7. The fourth-order valence-corrected chi connectivity index (χ4v) is 5.24. The summed E-state index contributed by atoms with van der Waals surface area (Å²) >= 11 is 0. The third-order valence-electron chi connectivity index (χ3n) is 7.46. The molecule has 0 bridgehead atoms. The average molecular weight is 569 g/mol. The third-order valence-corrected chi connectivity index (χ3v) is 7.46. The van der Waals surface area contributed by atoms with Crippen molar-refractivity contribution in [2.24, 2.45) is 7.05 Å². The Bertz CT molecular complexity index is 1820. The van der Waals surface area contributed by atoms with Gasteiger partial charge in [0.1, 0.15) is 29.1 Å². The van der Waals surface area contributed by atoms with Gasteiger partial charge in [0.25, 0.3) is 5.91 Å². The van der Waals surface area contributed by atoms with E-state index in [2.05, 4.69) is 25.3 Å². The Hall–Kier alpha value is -5.26. The van der Waals surface area contributed by atoms with Gasteiger partial charge in [-0.05, 0) is 62.2 Å². The summed E-state index contributed by atoms with van der Waals surface area (Å²) in [6.07, 6.45) is 5.87. The van der Waals surface area contributed by atoms with Crippen LogP contribution < -0.4 is 15.0 Å². The second kappa shape index (κ2) is 11.0. The van der Waals surface area contributed by atoms with E-state index in [1.54, 1.807) is 15.7 Å². The van der Waals surface area contributed by atoms with Gasteiger partial charge in [0.2, 0.25) is 5.76 Å². The van der Waals surface area contributed by atoms with Gasteiger partial charge >= 0.3 is 0 Å². The molecule has 0 saturated carbocycles. The van der Waals surface area contributed by atoms with E-state index in [1.807, 2.05) is 67.2 Å². The molecule has 1 aliphatic heterocycles. The minimum atomic E-state index is -0.612. The second-order valence-electron chi connectivity index (χ2n) is 10.4. The first-order valence-electron chi connectivity index (χ1n) is 13.7. The molecule has 0 radical (unpaired) electrons. The zero-order valence-corrected chi connectivity index (χ0v) is 23.7. The Labute approximate surface area is 242 Å². The summed E-state index contributed by atoms with van der Waals surface area (Å²) in [6.45, 7) is 5.42. The number of carbonyl (C=O) groups excluding carboxylic acids is 1. The molecule has 4 heterocycles. The SMILES string of the molecule is C/C(O)=C(\O)C(=O)N1CCCN(c2ccn3ncnc(Nc4ccc(Oc5ccc6c(c5)ncn6C)c(C)c4)c23)CC1. The lowest BCUT2D eigenvalue weighted by Crippen LogP contribution is -2.36. The van der Waals surface area contributed by atoms with Gasteiger partial charge in [-0.15, -0.1) is 0 Å². The van der Waals surface area contributed by atoms with Gasteiger partial charge < -0.3 is 34.6 Å². The molecule has 1 amide bonds. The summed E-state index contributed by atoms with van der Waals surface area (Å²) in [7, 11) is 1.96. The first-order valence-corrected chi connectivity index (χ1v) is 13.7. The topological polar surface area (TPSA) is 133 Å². The van der Waals surface area contributed by atoms with Crippen LogP contribution in [0.3, 0.4) is 0 Å². The highest BCUT2D eigenvalue weighted by molar-refractivity contribution is 5.91. The van der Waals surface area contributed by atoms with Crippen LogP contribution in [0.4, 0.5) is 17.2 Å². The largest absolute Gasteiger partial charge is 0.509 e. The number of rotatable bonds is 6. The minimum Gasteiger partial charge on any atom is -0.509 e. The zero-order valence-electron chi connectivity index (χ0n) is 23.7. The van der Waals surface area contributed by atoms with Crippen LogP contribution in [0, 0.1) is 6.92 Å². The lowest BCUT2D eigenvalue weighted by atomic mass is 10.2. The highest BCUT2D eigenvalue weighted by Crippen LogP contribution is 2.33. The number of anilines is 3. The van der Waals surface area contributed by atoms with Gasteiger partial charge in [0.05, 0.1) is 23.0 Å². The van der Waals surface area contributed by atoms with Crippen molar-refractivity contribution in [1.82, 2.24) is 29.0 Å². The van der Waals surface area contributed by atoms with E-state index in [0.717, 1.165) is 45.0 Å². The number of aliphatic hydroxyl groups is 2. The number of hydrogen-bond acceptors (Lipinski definition) is 9. The fraction of sp³-hybridized carbons (Fsp3) is 0.267. The van der Waals surface area contributed by atoms with Crippen LogP contribution in [0.1, 0.15) is 18.9 Å².